The minimum Gasteiger partial charge on any atom is -0.480 e. The maximum atomic E-state index is 11.9. The minimum absolute atomic E-state index is 0.00738. The lowest BCUT2D eigenvalue weighted by Gasteiger charge is -2.24. The van der Waals surface area contributed by atoms with Crippen LogP contribution in [0.1, 0.15) is 26.2 Å². The van der Waals surface area contributed by atoms with Crippen molar-refractivity contribution < 1.29 is 23.1 Å². The first-order chi connectivity index (χ1) is 9.26. The molecule has 2 atom stereocenters. The van der Waals surface area contributed by atoms with Crippen LogP contribution in [0, 0.1) is 0 Å². The van der Waals surface area contributed by atoms with Crippen molar-refractivity contribution in [1.82, 2.24) is 10.2 Å². The average Bonchev–Trinajstić information content (AvgIpc) is 2.73. The first kappa shape index (κ1) is 16.9. The molecule has 1 saturated heterocycles. The van der Waals surface area contributed by atoms with Gasteiger partial charge in [0.05, 0.1) is 18.1 Å². The number of sulfone groups is 1. The lowest BCUT2D eigenvalue weighted by atomic mass is 10.1. The van der Waals surface area contributed by atoms with E-state index in [1.54, 1.807) is 7.05 Å². The van der Waals surface area contributed by atoms with Gasteiger partial charge in [0.15, 0.2) is 9.84 Å². The Kier molecular flexibility index (Phi) is 5.94. The second kappa shape index (κ2) is 7.03. The van der Waals surface area contributed by atoms with Crippen molar-refractivity contribution in [1.29, 1.82) is 0 Å². The number of carboxylic acid groups (broad SMARTS) is 1. The van der Waals surface area contributed by atoms with Gasteiger partial charge in [0.1, 0.15) is 6.04 Å². The zero-order valence-electron chi connectivity index (χ0n) is 11.8. The molecule has 1 aliphatic rings. The summed E-state index contributed by atoms with van der Waals surface area (Å²) in [6.07, 6.45) is 1.60. The Bertz CT molecular complexity index is 462. The number of amides is 1. The molecule has 8 heteroatoms. The van der Waals surface area contributed by atoms with Crippen LogP contribution in [0.15, 0.2) is 0 Å². The molecule has 1 aliphatic heterocycles. The van der Waals surface area contributed by atoms with Crippen LogP contribution in [0.2, 0.25) is 0 Å². The third-order valence-electron chi connectivity index (χ3n) is 3.52. The largest absolute Gasteiger partial charge is 0.480 e. The molecule has 7 nitrogen and oxygen atoms in total. The fraction of sp³-hybridized carbons (Fsp3) is 0.833. The molecule has 1 amide bonds. The van der Waals surface area contributed by atoms with E-state index >= 15 is 0 Å². The Balaban J connectivity index is 2.48. The Morgan fingerprint density at radius 3 is 2.55 bits per heavy atom. The lowest BCUT2D eigenvalue weighted by Crippen LogP contribution is -2.46. The summed E-state index contributed by atoms with van der Waals surface area (Å²) >= 11 is 0. The highest BCUT2D eigenvalue weighted by Gasteiger charge is 2.32. The van der Waals surface area contributed by atoms with Crippen molar-refractivity contribution in [2.45, 2.75) is 38.3 Å². The number of carbonyl (C=O) groups is 2. The highest BCUT2D eigenvalue weighted by molar-refractivity contribution is 7.91. The molecule has 0 aliphatic carbocycles. The van der Waals surface area contributed by atoms with Gasteiger partial charge in [0.2, 0.25) is 5.91 Å². The van der Waals surface area contributed by atoms with Crippen molar-refractivity contribution in [3.8, 4) is 0 Å². The van der Waals surface area contributed by atoms with Gasteiger partial charge in [-0.05, 0) is 12.8 Å². The Morgan fingerprint density at radius 2 is 2.10 bits per heavy atom. The number of carbonyl (C=O) groups excluding carboxylic acids is 1. The number of hydrogen-bond donors (Lipinski definition) is 2. The second-order valence-corrected chi connectivity index (χ2v) is 7.35. The molecule has 1 rings (SSSR count). The van der Waals surface area contributed by atoms with Gasteiger partial charge >= 0.3 is 5.97 Å². The molecule has 0 saturated carbocycles. The summed E-state index contributed by atoms with van der Waals surface area (Å²) in [5, 5.41) is 11.7. The number of hydrogen-bond acceptors (Lipinski definition) is 5. The zero-order valence-corrected chi connectivity index (χ0v) is 12.6. The van der Waals surface area contributed by atoms with Crippen molar-refractivity contribution in [2.24, 2.45) is 0 Å². The molecule has 0 bridgehead atoms. The molecule has 1 fully saturated rings. The van der Waals surface area contributed by atoms with Gasteiger partial charge in [-0.2, -0.15) is 0 Å². The van der Waals surface area contributed by atoms with Gasteiger partial charge in [-0.15, -0.1) is 0 Å². The van der Waals surface area contributed by atoms with Crippen molar-refractivity contribution >= 4 is 21.7 Å². The van der Waals surface area contributed by atoms with E-state index < -0.39 is 21.8 Å². The fourth-order valence-corrected chi connectivity index (χ4v) is 4.00. The first-order valence-corrected chi connectivity index (χ1v) is 8.51. The number of likely N-dealkylation sites (N-methyl/N-ethyl adjacent to an activating group) is 1. The second-order valence-electron chi connectivity index (χ2n) is 5.12. The molecule has 0 spiro atoms. The number of nitrogens with one attached hydrogen (secondary N) is 1. The van der Waals surface area contributed by atoms with Gasteiger partial charge in [0.25, 0.3) is 0 Å². The number of rotatable bonds is 7. The van der Waals surface area contributed by atoms with E-state index in [2.05, 4.69) is 5.32 Å². The zero-order chi connectivity index (χ0) is 15.3. The molecule has 2 N–H and O–H groups in total. The SMILES string of the molecule is CCCC(NCC(=O)N(C)C1CCS(=O)(=O)C1)C(=O)O. The molecular formula is C12H22N2O5S. The molecule has 0 aromatic heterocycles. The normalized spacial score (nSPS) is 22.4. The van der Waals surface area contributed by atoms with Crippen LogP contribution >= 0.6 is 0 Å². The summed E-state index contributed by atoms with van der Waals surface area (Å²) < 4.78 is 22.8. The molecule has 116 valence electrons. The van der Waals surface area contributed by atoms with Gasteiger partial charge < -0.3 is 10.0 Å². The highest BCUT2D eigenvalue weighted by Crippen LogP contribution is 2.16. The Hall–Kier alpha value is -1.15. The molecule has 0 radical (unpaired) electrons. The summed E-state index contributed by atoms with van der Waals surface area (Å²) in [4.78, 5) is 24.3. The maximum Gasteiger partial charge on any atom is 0.320 e. The smallest absolute Gasteiger partial charge is 0.320 e. The highest BCUT2D eigenvalue weighted by atomic mass is 32.2. The summed E-state index contributed by atoms with van der Waals surface area (Å²) in [6, 6.07) is -1.05. The number of nitrogens with zero attached hydrogens (tertiary/aromatic N) is 1. The van der Waals surface area contributed by atoms with Crippen molar-refractivity contribution in [2.75, 3.05) is 25.1 Å². The molecule has 20 heavy (non-hydrogen) atoms. The fourth-order valence-electron chi connectivity index (χ4n) is 2.22. The van der Waals surface area contributed by atoms with E-state index in [1.165, 1.54) is 4.90 Å². The summed E-state index contributed by atoms with van der Waals surface area (Å²) in [5.74, 6) is -1.16. The third kappa shape index (κ3) is 4.75. The van der Waals surface area contributed by atoms with Gasteiger partial charge in [0, 0.05) is 13.1 Å². The van der Waals surface area contributed by atoms with Gasteiger partial charge in [-0.3, -0.25) is 14.9 Å². The topological polar surface area (TPSA) is 104 Å². The van der Waals surface area contributed by atoms with Gasteiger partial charge in [-0.1, -0.05) is 13.3 Å². The van der Waals surface area contributed by atoms with E-state index in [0.717, 1.165) is 0 Å². The third-order valence-corrected chi connectivity index (χ3v) is 5.28. The quantitative estimate of drug-likeness (QED) is 0.655. The lowest BCUT2D eigenvalue weighted by molar-refractivity contribution is -0.140. The molecule has 1 heterocycles. The van der Waals surface area contributed by atoms with Crippen LogP contribution in [0.25, 0.3) is 0 Å². The average molecular weight is 306 g/mol. The van der Waals surface area contributed by atoms with Crippen LogP contribution in [-0.2, 0) is 19.4 Å². The predicted molar refractivity (Wildman–Crippen MR) is 74.2 cm³/mol. The Morgan fingerprint density at radius 1 is 1.45 bits per heavy atom. The van der Waals surface area contributed by atoms with E-state index in [4.69, 9.17) is 5.11 Å². The molecule has 0 aromatic carbocycles. The summed E-state index contributed by atoms with van der Waals surface area (Å²) in [6.45, 7) is 1.78. The molecular weight excluding hydrogens is 284 g/mol. The van der Waals surface area contributed by atoms with E-state index in [1.807, 2.05) is 6.92 Å². The van der Waals surface area contributed by atoms with Crippen LogP contribution in [0.4, 0.5) is 0 Å². The van der Waals surface area contributed by atoms with E-state index in [-0.39, 0.29) is 30.0 Å². The number of carboxylic acids is 1. The predicted octanol–water partition coefficient (Wildman–Crippen LogP) is -0.525. The number of aliphatic carboxylic acids is 1. The van der Waals surface area contributed by atoms with Crippen molar-refractivity contribution in [3.05, 3.63) is 0 Å². The van der Waals surface area contributed by atoms with Crippen LogP contribution < -0.4 is 5.32 Å². The van der Waals surface area contributed by atoms with Crippen LogP contribution in [0.5, 0.6) is 0 Å². The summed E-state index contributed by atoms with van der Waals surface area (Å²) in [5.41, 5.74) is 0. The van der Waals surface area contributed by atoms with E-state index in [0.29, 0.717) is 19.3 Å². The first-order valence-electron chi connectivity index (χ1n) is 6.69. The van der Waals surface area contributed by atoms with Crippen molar-refractivity contribution in [3.63, 3.8) is 0 Å². The monoisotopic (exact) mass is 306 g/mol. The Labute approximate surface area is 119 Å². The standard InChI is InChI=1S/C12H22N2O5S/c1-3-4-10(12(16)17)13-7-11(15)14(2)9-5-6-20(18,19)8-9/h9-10,13H,3-8H2,1-2H3,(H,16,17). The van der Waals surface area contributed by atoms with Crippen LogP contribution in [0.3, 0.4) is 0 Å². The maximum absolute atomic E-state index is 11.9. The minimum atomic E-state index is -3.04. The summed E-state index contributed by atoms with van der Waals surface area (Å²) in [7, 11) is -1.48. The van der Waals surface area contributed by atoms with Crippen LogP contribution in [-0.4, -0.2) is 67.5 Å². The molecule has 2 unspecified atom stereocenters. The molecule has 0 aromatic rings. The van der Waals surface area contributed by atoms with Gasteiger partial charge in [-0.25, -0.2) is 8.42 Å². The van der Waals surface area contributed by atoms with E-state index in [9.17, 15) is 18.0 Å².